The minimum atomic E-state index is -2.27. The highest BCUT2D eigenvalue weighted by atomic mass is 31.1. The highest BCUT2D eigenvalue weighted by Crippen LogP contribution is 2.31. The van der Waals surface area contributed by atoms with Crippen LogP contribution >= 0.6 is 8.03 Å². The minimum absolute atomic E-state index is 0.0859. The second-order valence-corrected chi connectivity index (χ2v) is 7.10. The second kappa shape index (κ2) is 8.19. The Morgan fingerprint density at radius 2 is 1.41 bits per heavy atom. The lowest BCUT2D eigenvalue weighted by Gasteiger charge is -2.21. The number of nitrogens with one attached hydrogen (secondary N) is 1. The van der Waals surface area contributed by atoms with Crippen molar-refractivity contribution in [3.8, 4) is 0 Å². The smallest absolute Gasteiger partial charge is 0.260 e. The third-order valence-electron chi connectivity index (χ3n) is 3.59. The zero-order valence-corrected chi connectivity index (χ0v) is 13.9. The lowest BCUT2D eigenvalue weighted by atomic mass is 9.98. The quantitative estimate of drug-likeness (QED) is 0.741. The SMILES string of the molecule is CC(C)C[C@H](NC(c1ccccc1)c1ccccc1)[P+](=O)O. The summed E-state index contributed by atoms with van der Waals surface area (Å²) in [5, 5.41) is 3.38. The normalized spacial score (nSPS) is 13.4. The van der Waals surface area contributed by atoms with Crippen molar-refractivity contribution in [3.05, 3.63) is 71.8 Å². The maximum atomic E-state index is 11.7. The third-order valence-corrected chi connectivity index (χ3v) is 4.48. The molecule has 3 nitrogen and oxygen atoms in total. The highest BCUT2D eigenvalue weighted by Gasteiger charge is 2.32. The van der Waals surface area contributed by atoms with Gasteiger partial charge in [0.25, 0.3) is 0 Å². The minimum Gasteiger partial charge on any atom is -0.260 e. The van der Waals surface area contributed by atoms with Crippen molar-refractivity contribution in [1.29, 1.82) is 0 Å². The molecule has 0 aliphatic heterocycles. The summed E-state index contributed by atoms with van der Waals surface area (Å²) in [4.78, 5) is 9.65. The van der Waals surface area contributed by atoms with E-state index in [1.807, 2.05) is 60.7 Å². The Balaban J connectivity index is 2.30. The van der Waals surface area contributed by atoms with Crippen LogP contribution in [0.4, 0.5) is 0 Å². The monoisotopic (exact) mass is 316 g/mol. The van der Waals surface area contributed by atoms with Gasteiger partial charge in [0.05, 0.1) is 6.04 Å². The van der Waals surface area contributed by atoms with Gasteiger partial charge in [0, 0.05) is 6.42 Å². The fourth-order valence-corrected chi connectivity index (χ4v) is 3.42. The predicted octanol–water partition coefficient (Wildman–Crippen LogP) is 4.47. The fourth-order valence-electron chi connectivity index (χ4n) is 2.54. The molecule has 1 unspecified atom stereocenters. The van der Waals surface area contributed by atoms with E-state index in [4.69, 9.17) is 0 Å². The van der Waals surface area contributed by atoms with Gasteiger partial charge in [-0.25, -0.2) is 0 Å². The van der Waals surface area contributed by atoms with Gasteiger partial charge in [-0.3, -0.25) is 5.32 Å². The van der Waals surface area contributed by atoms with E-state index in [-0.39, 0.29) is 6.04 Å². The summed E-state index contributed by atoms with van der Waals surface area (Å²) in [6.45, 7) is 4.13. The molecule has 2 N–H and O–H groups in total. The van der Waals surface area contributed by atoms with E-state index in [1.165, 1.54) is 0 Å². The molecule has 22 heavy (non-hydrogen) atoms. The molecule has 2 rings (SSSR count). The molecule has 0 saturated heterocycles. The molecule has 0 fully saturated rings. The van der Waals surface area contributed by atoms with Crippen molar-refractivity contribution in [2.75, 3.05) is 0 Å². The van der Waals surface area contributed by atoms with Crippen molar-refractivity contribution in [2.45, 2.75) is 32.1 Å². The largest absolute Gasteiger partial charge is 0.524 e. The molecule has 0 saturated carbocycles. The Kier molecular flexibility index (Phi) is 6.26. The second-order valence-electron chi connectivity index (χ2n) is 5.87. The van der Waals surface area contributed by atoms with Crippen molar-refractivity contribution < 1.29 is 9.46 Å². The standard InChI is InChI=1S/C18H22NO2P/c1-14(2)13-17(22(20)21)19-18(15-9-5-3-6-10-15)16-11-7-4-8-12-16/h3-12,14,17-19H,13H2,1-2H3/p+1/t17-/m1/s1. The molecule has 0 aliphatic carbocycles. The van der Waals surface area contributed by atoms with E-state index in [1.54, 1.807) is 0 Å². The van der Waals surface area contributed by atoms with Crippen molar-refractivity contribution in [2.24, 2.45) is 5.92 Å². The first-order valence-corrected chi connectivity index (χ1v) is 8.87. The summed E-state index contributed by atoms with van der Waals surface area (Å²) < 4.78 is 11.7. The van der Waals surface area contributed by atoms with E-state index in [9.17, 15) is 9.46 Å². The molecule has 0 amide bonds. The zero-order chi connectivity index (χ0) is 15.9. The van der Waals surface area contributed by atoms with Crippen LogP contribution in [0.2, 0.25) is 0 Å². The maximum Gasteiger partial charge on any atom is 0.524 e. The Labute approximate surface area is 133 Å². The van der Waals surface area contributed by atoms with Crippen LogP contribution in [0.3, 0.4) is 0 Å². The molecular weight excluding hydrogens is 293 g/mol. The number of rotatable bonds is 7. The van der Waals surface area contributed by atoms with E-state index >= 15 is 0 Å². The Morgan fingerprint density at radius 1 is 0.955 bits per heavy atom. The third kappa shape index (κ3) is 4.74. The molecule has 4 heteroatoms. The molecule has 2 atom stereocenters. The van der Waals surface area contributed by atoms with Gasteiger partial charge in [-0.1, -0.05) is 74.5 Å². The lowest BCUT2D eigenvalue weighted by Crippen LogP contribution is -2.32. The van der Waals surface area contributed by atoms with Crippen molar-refractivity contribution in [3.63, 3.8) is 0 Å². The average Bonchev–Trinajstić information content (AvgIpc) is 2.52. The van der Waals surface area contributed by atoms with Crippen LogP contribution in [-0.2, 0) is 4.57 Å². The summed E-state index contributed by atoms with van der Waals surface area (Å²) >= 11 is 0. The van der Waals surface area contributed by atoms with Crippen LogP contribution in [0.15, 0.2) is 60.7 Å². The Hall–Kier alpha value is -1.54. The molecule has 116 valence electrons. The van der Waals surface area contributed by atoms with Gasteiger partial charge in [-0.15, -0.1) is 0 Å². The summed E-state index contributed by atoms with van der Waals surface area (Å²) in [6.07, 6.45) is 0.669. The molecule has 0 bridgehead atoms. The molecule has 0 aliphatic rings. The van der Waals surface area contributed by atoms with E-state index in [0.29, 0.717) is 12.3 Å². The predicted molar refractivity (Wildman–Crippen MR) is 90.9 cm³/mol. The lowest BCUT2D eigenvalue weighted by molar-refractivity contribution is 0.420. The van der Waals surface area contributed by atoms with Gasteiger partial charge in [-0.05, 0) is 21.6 Å². The Morgan fingerprint density at radius 3 is 1.77 bits per heavy atom. The molecular formula is C18H23NO2P+. The number of hydrogen-bond acceptors (Lipinski definition) is 2. The van der Waals surface area contributed by atoms with Crippen LogP contribution in [0.25, 0.3) is 0 Å². The molecule has 0 radical (unpaired) electrons. The molecule has 0 aromatic heterocycles. The van der Waals surface area contributed by atoms with Gasteiger partial charge < -0.3 is 0 Å². The molecule has 0 heterocycles. The number of hydrogen-bond donors (Lipinski definition) is 2. The molecule has 0 spiro atoms. The first-order valence-electron chi connectivity index (χ1n) is 7.59. The average molecular weight is 316 g/mol. The highest BCUT2D eigenvalue weighted by molar-refractivity contribution is 7.38. The van der Waals surface area contributed by atoms with E-state index in [2.05, 4.69) is 19.2 Å². The first-order chi connectivity index (χ1) is 10.6. The van der Waals surface area contributed by atoms with Gasteiger partial charge in [-0.2, -0.15) is 4.89 Å². The van der Waals surface area contributed by atoms with Gasteiger partial charge in [0.15, 0.2) is 0 Å². The van der Waals surface area contributed by atoms with Crippen LogP contribution < -0.4 is 5.32 Å². The Bertz CT molecular complexity index is 547. The van der Waals surface area contributed by atoms with Crippen LogP contribution in [0.5, 0.6) is 0 Å². The van der Waals surface area contributed by atoms with E-state index in [0.717, 1.165) is 11.1 Å². The summed E-state index contributed by atoms with van der Waals surface area (Å²) in [6, 6.07) is 20.0. The van der Waals surface area contributed by atoms with Crippen LogP contribution in [0, 0.1) is 5.92 Å². The van der Waals surface area contributed by atoms with Crippen molar-refractivity contribution in [1.82, 2.24) is 5.32 Å². The van der Waals surface area contributed by atoms with E-state index < -0.39 is 13.8 Å². The van der Waals surface area contributed by atoms with Gasteiger partial charge in [0.1, 0.15) is 0 Å². The van der Waals surface area contributed by atoms with Crippen LogP contribution in [0.1, 0.15) is 37.4 Å². The fraction of sp³-hybridized carbons (Fsp3) is 0.333. The topological polar surface area (TPSA) is 49.3 Å². The van der Waals surface area contributed by atoms with Crippen molar-refractivity contribution >= 4 is 8.03 Å². The van der Waals surface area contributed by atoms with Gasteiger partial charge in [0.2, 0.25) is 5.78 Å². The number of benzene rings is 2. The summed E-state index contributed by atoms with van der Waals surface area (Å²) in [5.41, 5.74) is 2.19. The molecule has 2 aromatic rings. The maximum absolute atomic E-state index is 11.7. The van der Waals surface area contributed by atoms with Crippen LogP contribution in [-0.4, -0.2) is 10.7 Å². The van der Waals surface area contributed by atoms with Gasteiger partial charge >= 0.3 is 8.03 Å². The zero-order valence-electron chi connectivity index (χ0n) is 13.0. The first kappa shape index (κ1) is 16.8. The summed E-state index contributed by atoms with van der Waals surface area (Å²) in [5.74, 6) is -0.0591. The molecule has 2 aromatic carbocycles. The summed E-state index contributed by atoms with van der Waals surface area (Å²) in [7, 11) is -2.27.